The number of benzene rings is 1. The number of ketones is 1. The molecule has 0 saturated carbocycles. The first kappa shape index (κ1) is 16.6. The zero-order chi connectivity index (χ0) is 15.0. The van der Waals surface area contributed by atoms with Crippen molar-refractivity contribution < 1.29 is 18.3 Å². The summed E-state index contributed by atoms with van der Waals surface area (Å²) in [5.41, 5.74) is 0.0847. The van der Waals surface area contributed by atoms with Gasteiger partial charge in [0.2, 0.25) is 0 Å². The van der Waals surface area contributed by atoms with Crippen molar-refractivity contribution in [2.24, 2.45) is 0 Å². The molecule has 1 rings (SSSR count). The van der Waals surface area contributed by atoms with E-state index in [2.05, 4.69) is 0 Å². The molecule has 1 aromatic carbocycles. The number of unbranched alkanes of at least 4 members (excludes halogenated alkanes) is 2. The van der Waals surface area contributed by atoms with E-state index in [1.165, 1.54) is 12.1 Å². The van der Waals surface area contributed by atoms with Gasteiger partial charge in [-0.15, -0.1) is 0 Å². The Balaban J connectivity index is 2.57. The molecule has 0 aromatic heterocycles. The predicted octanol–water partition coefficient (Wildman–Crippen LogP) is 4.45. The van der Waals surface area contributed by atoms with Crippen LogP contribution >= 0.6 is 0 Å². The summed E-state index contributed by atoms with van der Waals surface area (Å²) in [6.07, 6.45) is 3.86. The van der Waals surface area contributed by atoms with Gasteiger partial charge in [0.1, 0.15) is 11.6 Å². The average molecular weight is 284 g/mol. The fraction of sp³-hybridized carbons (Fsp3) is 0.562. The minimum atomic E-state index is -0.593. The van der Waals surface area contributed by atoms with Crippen LogP contribution in [-0.2, 0) is 11.2 Å². The molecular formula is C16H22F2O2. The number of rotatable bonds is 9. The monoisotopic (exact) mass is 284 g/mol. The van der Waals surface area contributed by atoms with Crippen LogP contribution in [0.5, 0.6) is 5.75 Å². The second-order valence-electron chi connectivity index (χ2n) is 4.95. The van der Waals surface area contributed by atoms with Gasteiger partial charge >= 0.3 is 0 Å². The van der Waals surface area contributed by atoms with E-state index in [4.69, 9.17) is 4.74 Å². The van der Waals surface area contributed by atoms with E-state index in [1.807, 2.05) is 6.92 Å². The van der Waals surface area contributed by atoms with Crippen LogP contribution in [-0.4, -0.2) is 12.4 Å². The topological polar surface area (TPSA) is 26.3 Å². The second-order valence-corrected chi connectivity index (χ2v) is 4.95. The Labute approximate surface area is 119 Å². The lowest BCUT2D eigenvalue weighted by atomic mass is 10.0. The fourth-order valence-corrected chi connectivity index (χ4v) is 1.98. The van der Waals surface area contributed by atoms with Crippen LogP contribution in [0.4, 0.5) is 8.78 Å². The summed E-state index contributed by atoms with van der Waals surface area (Å²) >= 11 is 0. The van der Waals surface area contributed by atoms with Crippen LogP contribution < -0.4 is 4.74 Å². The second kappa shape index (κ2) is 8.67. The van der Waals surface area contributed by atoms with Crippen molar-refractivity contribution >= 4 is 5.78 Å². The number of carbonyl (C=O) groups is 1. The van der Waals surface area contributed by atoms with Crippen molar-refractivity contribution in [3.8, 4) is 5.75 Å². The third-order valence-electron chi connectivity index (χ3n) is 3.07. The Hall–Kier alpha value is -1.45. The first-order valence-corrected chi connectivity index (χ1v) is 7.15. The molecule has 0 saturated heterocycles. The number of Topliss-reactive ketones (excluding diaryl/α,β-unsaturated/α-hetero) is 1. The quantitative estimate of drug-likeness (QED) is 0.626. The highest BCUT2D eigenvalue weighted by Gasteiger charge is 2.14. The van der Waals surface area contributed by atoms with Crippen molar-refractivity contribution in [1.82, 2.24) is 0 Å². The summed E-state index contributed by atoms with van der Waals surface area (Å²) < 4.78 is 33.0. The molecule has 0 amide bonds. The van der Waals surface area contributed by atoms with Crippen molar-refractivity contribution in [2.45, 2.75) is 52.4 Å². The molecule has 0 heterocycles. The molecule has 0 atom stereocenters. The van der Waals surface area contributed by atoms with Gasteiger partial charge in [-0.05, 0) is 44.7 Å². The third-order valence-corrected chi connectivity index (χ3v) is 3.07. The van der Waals surface area contributed by atoms with E-state index in [1.54, 1.807) is 6.92 Å². The Morgan fingerprint density at radius 2 is 1.95 bits per heavy atom. The molecular weight excluding hydrogens is 262 g/mol. The summed E-state index contributed by atoms with van der Waals surface area (Å²) in [5.74, 6) is -0.854. The molecule has 20 heavy (non-hydrogen) atoms. The average Bonchev–Trinajstić information content (AvgIpc) is 2.40. The Bertz CT molecular complexity index is 444. The van der Waals surface area contributed by atoms with E-state index in [9.17, 15) is 13.6 Å². The van der Waals surface area contributed by atoms with Gasteiger partial charge in [-0.2, -0.15) is 0 Å². The first-order chi connectivity index (χ1) is 9.56. The largest absolute Gasteiger partial charge is 0.491 e. The standard InChI is InChI=1S/C16H22F2O2/c1-3-11-20-15-10-9-14(17)13(16(15)18)8-6-4-5-7-12(2)19/h9-10H,3-8,11H2,1-2H3. The highest BCUT2D eigenvalue weighted by Crippen LogP contribution is 2.25. The van der Waals surface area contributed by atoms with Crippen molar-refractivity contribution in [2.75, 3.05) is 6.61 Å². The molecule has 0 aliphatic rings. The van der Waals surface area contributed by atoms with Crippen LogP contribution in [0.15, 0.2) is 12.1 Å². The molecule has 0 N–H and O–H groups in total. The number of hydrogen-bond acceptors (Lipinski definition) is 2. The van der Waals surface area contributed by atoms with Crippen molar-refractivity contribution in [3.05, 3.63) is 29.3 Å². The van der Waals surface area contributed by atoms with E-state index in [-0.39, 0.29) is 17.1 Å². The first-order valence-electron chi connectivity index (χ1n) is 7.15. The zero-order valence-electron chi connectivity index (χ0n) is 12.2. The van der Waals surface area contributed by atoms with Gasteiger partial charge < -0.3 is 9.53 Å². The Kier molecular flexibility index (Phi) is 7.20. The molecule has 112 valence electrons. The maximum atomic E-state index is 14.1. The number of hydrogen-bond donors (Lipinski definition) is 0. The molecule has 0 radical (unpaired) electrons. The highest BCUT2D eigenvalue weighted by molar-refractivity contribution is 5.75. The maximum absolute atomic E-state index is 14.1. The SMILES string of the molecule is CCCOc1ccc(F)c(CCCCCC(C)=O)c1F. The Morgan fingerprint density at radius 3 is 2.60 bits per heavy atom. The lowest BCUT2D eigenvalue weighted by Crippen LogP contribution is -2.03. The van der Waals surface area contributed by atoms with E-state index >= 15 is 0 Å². The molecule has 4 heteroatoms. The highest BCUT2D eigenvalue weighted by atomic mass is 19.1. The van der Waals surface area contributed by atoms with E-state index in [0.717, 1.165) is 19.3 Å². The molecule has 0 aliphatic carbocycles. The lowest BCUT2D eigenvalue weighted by molar-refractivity contribution is -0.117. The molecule has 0 bridgehead atoms. The van der Waals surface area contributed by atoms with E-state index in [0.29, 0.717) is 25.9 Å². The minimum absolute atomic E-state index is 0.0847. The van der Waals surface area contributed by atoms with Gasteiger partial charge in [0.25, 0.3) is 0 Å². The predicted molar refractivity (Wildman–Crippen MR) is 75.0 cm³/mol. The number of halogens is 2. The maximum Gasteiger partial charge on any atom is 0.171 e. The number of ether oxygens (including phenoxy) is 1. The summed E-state index contributed by atoms with van der Waals surface area (Å²) in [5, 5.41) is 0. The van der Waals surface area contributed by atoms with Crippen molar-refractivity contribution in [1.29, 1.82) is 0 Å². The lowest BCUT2D eigenvalue weighted by Gasteiger charge is -2.10. The smallest absolute Gasteiger partial charge is 0.171 e. The summed E-state index contributed by atoms with van der Waals surface area (Å²) in [6, 6.07) is 2.58. The summed E-state index contributed by atoms with van der Waals surface area (Å²) in [6.45, 7) is 3.89. The molecule has 0 spiro atoms. The normalized spacial score (nSPS) is 10.6. The summed E-state index contributed by atoms with van der Waals surface area (Å²) in [7, 11) is 0. The van der Waals surface area contributed by atoms with Gasteiger partial charge in [0.15, 0.2) is 11.6 Å². The van der Waals surface area contributed by atoms with Gasteiger partial charge in [-0.1, -0.05) is 13.3 Å². The van der Waals surface area contributed by atoms with Gasteiger partial charge in [-0.3, -0.25) is 0 Å². The van der Waals surface area contributed by atoms with Crippen molar-refractivity contribution in [3.63, 3.8) is 0 Å². The van der Waals surface area contributed by atoms with Crippen LogP contribution in [0.1, 0.15) is 51.5 Å². The van der Waals surface area contributed by atoms with Gasteiger partial charge in [0.05, 0.1) is 6.61 Å². The van der Waals surface area contributed by atoms with Crippen LogP contribution in [0.3, 0.4) is 0 Å². The number of carbonyl (C=O) groups excluding carboxylic acids is 1. The van der Waals surface area contributed by atoms with Crippen LogP contribution in [0, 0.1) is 11.6 Å². The fourth-order valence-electron chi connectivity index (χ4n) is 1.98. The van der Waals surface area contributed by atoms with Gasteiger partial charge in [-0.25, -0.2) is 8.78 Å². The van der Waals surface area contributed by atoms with Gasteiger partial charge in [0, 0.05) is 12.0 Å². The third kappa shape index (κ3) is 5.27. The molecule has 0 aliphatic heterocycles. The van der Waals surface area contributed by atoms with Crippen LogP contribution in [0.25, 0.3) is 0 Å². The molecule has 2 nitrogen and oxygen atoms in total. The zero-order valence-corrected chi connectivity index (χ0v) is 12.2. The molecule has 1 aromatic rings. The molecule has 0 fully saturated rings. The summed E-state index contributed by atoms with van der Waals surface area (Å²) in [4.78, 5) is 10.8. The van der Waals surface area contributed by atoms with E-state index < -0.39 is 11.6 Å². The van der Waals surface area contributed by atoms with Crippen LogP contribution in [0.2, 0.25) is 0 Å². The minimum Gasteiger partial charge on any atom is -0.491 e. The molecule has 0 unspecified atom stereocenters. The Morgan fingerprint density at radius 1 is 1.20 bits per heavy atom.